The normalized spacial score (nSPS) is 15.5. The van der Waals surface area contributed by atoms with Gasteiger partial charge in [0, 0.05) is 5.56 Å². The second-order valence-electron chi connectivity index (χ2n) is 3.51. The molecule has 1 aromatic heterocycles. The molecule has 1 unspecified atom stereocenters. The molecule has 0 spiro atoms. The highest BCUT2D eigenvalue weighted by Crippen LogP contribution is 2.33. The van der Waals surface area contributed by atoms with E-state index in [2.05, 4.69) is 4.98 Å². The molecule has 1 heterocycles. The van der Waals surface area contributed by atoms with Crippen molar-refractivity contribution in [3.63, 3.8) is 0 Å². The Balaban J connectivity index is 3.38. The van der Waals surface area contributed by atoms with Crippen molar-refractivity contribution in [1.29, 1.82) is 0 Å². The van der Waals surface area contributed by atoms with E-state index in [1.54, 1.807) is 6.92 Å². The molecule has 0 aliphatic rings. The second-order valence-corrected chi connectivity index (χ2v) is 4.26. The van der Waals surface area contributed by atoms with Gasteiger partial charge in [0.25, 0.3) is 6.43 Å². The van der Waals surface area contributed by atoms with Crippen molar-refractivity contribution in [1.82, 2.24) is 4.98 Å². The van der Waals surface area contributed by atoms with E-state index >= 15 is 0 Å². The Morgan fingerprint density at radius 2 is 2.00 bits per heavy atom. The van der Waals surface area contributed by atoms with E-state index in [0.29, 0.717) is 5.56 Å². The lowest BCUT2D eigenvalue weighted by Gasteiger charge is -2.26. The van der Waals surface area contributed by atoms with E-state index in [1.165, 1.54) is 13.0 Å². The van der Waals surface area contributed by atoms with E-state index in [1.807, 2.05) is 0 Å². The highest BCUT2D eigenvalue weighted by atomic mass is 35.5. The number of aryl methyl sites for hydroxylation is 1. The average molecular weight is 255 g/mol. The molecule has 15 heavy (non-hydrogen) atoms. The summed E-state index contributed by atoms with van der Waals surface area (Å²) >= 11 is 11.4. The standard InChI is InChI=1S/C9H10Cl2F2N2/c1-4-3-5(10)15-7(11)6(4)9(2,14)8(12)13/h3,8H,14H2,1-2H3. The monoisotopic (exact) mass is 254 g/mol. The van der Waals surface area contributed by atoms with Gasteiger partial charge in [0.1, 0.15) is 15.8 Å². The summed E-state index contributed by atoms with van der Waals surface area (Å²) in [6.07, 6.45) is -2.73. The number of pyridine rings is 1. The molecule has 0 radical (unpaired) electrons. The average Bonchev–Trinajstić information content (AvgIpc) is 2.00. The number of hydrogen-bond donors (Lipinski definition) is 1. The summed E-state index contributed by atoms with van der Waals surface area (Å²) in [4.78, 5) is 3.70. The van der Waals surface area contributed by atoms with Gasteiger partial charge in [-0.25, -0.2) is 13.8 Å². The molecule has 0 aromatic carbocycles. The van der Waals surface area contributed by atoms with Gasteiger partial charge in [-0.15, -0.1) is 0 Å². The van der Waals surface area contributed by atoms with Crippen LogP contribution in [0.3, 0.4) is 0 Å². The third-order valence-corrected chi connectivity index (χ3v) is 2.60. The highest BCUT2D eigenvalue weighted by molar-refractivity contribution is 6.33. The van der Waals surface area contributed by atoms with Crippen molar-refractivity contribution in [2.24, 2.45) is 5.73 Å². The Morgan fingerprint density at radius 3 is 2.40 bits per heavy atom. The molecule has 1 atom stereocenters. The lowest BCUT2D eigenvalue weighted by atomic mass is 9.91. The van der Waals surface area contributed by atoms with E-state index < -0.39 is 12.0 Å². The summed E-state index contributed by atoms with van der Waals surface area (Å²) in [6, 6.07) is 1.45. The first-order chi connectivity index (χ1) is 6.76. The molecular weight excluding hydrogens is 245 g/mol. The zero-order valence-electron chi connectivity index (χ0n) is 8.19. The number of aromatic nitrogens is 1. The van der Waals surface area contributed by atoms with Crippen LogP contribution in [0.2, 0.25) is 10.3 Å². The maximum absolute atomic E-state index is 12.7. The number of nitrogens with two attached hydrogens (primary N) is 1. The number of rotatable bonds is 2. The Hall–Kier alpha value is -0.450. The SMILES string of the molecule is Cc1cc(Cl)nc(Cl)c1C(C)(N)C(F)F. The molecule has 0 fully saturated rings. The summed E-state index contributed by atoms with van der Waals surface area (Å²) in [6.45, 7) is 2.82. The van der Waals surface area contributed by atoms with Crippen molar-refractivity contribution in [3.8, 4) is 0 Å². The van der Waals surface area contributed by atoms with Crippen LogP contribution in [0.5, 0.6) is 0 Å². The molecule has 0 aliphatic heterocycles. The van der Waals surface area contributed by atoms with Crippen LogP contribution in [0.15, 0.2) is 6.07 Å². The number of hydrogen-bond acceptors (Lipinski definition) is 2. The van der Waals surface area contributed by atoms with Crippen LogP contribution in [0.25, 0.3) is 0 Å². The zero-order valence-corrected chi connectivity index (χ0v) is 9.70. The minimum atomic E-state index is -2.73. The number of alkyl halides is 2. The quantitative estimate of drug-likeness (QED) is 0.824. The van der Waals surface area contributed by atoms with Crippen molar-refractivity contribution in [2.75, 3.05) is 0 Å². The van der Waals surface area contributed by atoms with Gasteiger partial charge in [-0.1, -0.05) is 23.2 Å². The third-order valence-electron chi connectivity index (χ3n) is 2.13. The fourth-order valence-corrected chi connectivity index (χ4v) is 2.09. The molecule has 0 aliphatic carbocycles. The van der Waals surface area contributed by atoms with Crippen LogP contribution in [-0.2, 0) is 5.54 Å². The molecule has 84 valence electrons. The largest absolute Gasteiger partial charge is 0.317 e. The van der Waals surface area contributed by atoms with Crippen molar-refractivity contribution < 1.29 is 8.78 Å². The summed E-state index contributed by atoms with van der Waals surface area (Å²) in [7, 11) is 0. The van der Waals surface area contributed by atoms with Gasteiger partial charge >= 0.3 is 0 Å². The molecule has 1 aromatic rings. The van der Waals surface area contributed by atoms with Gasteiger partial charge in [-0.2, -0.15) is 0 Å². The highest BCUT2D eigenvalue weighted by Gasteiger charge is 2.36. The first kappa shape index (κ1) is 12.6. The van der Waals surface area contributed by atoms with Gasteiger partial charge in [0.2, 0.25) is 0 Å². The Morgan fingerprint density at radius 1 is 1.47 bits per heavy atom. The lowest BCUT2D eigenvalue weighted by molar-refractivity contribution is 0.0620. The van der Waals surface area contributed by atoms with Gasteiger partial charge in [0.05, 0.1) is 0 Å². The van der Waals surface area contributed by atoms with Crippen LogP contribution in [0.4, 0.5) is 8.78 Å². The Labute approximate surface area is 96.4 Å². The molecule has 2 nitrogen and oxygen atoms in total. The molecule has 0 amide bonds. The van der Waals surface area contributed by atoms with Crippen LogP contribution in [-0.4, -0.2) is 11.4 Å². The van der Waals surface area contributed by atoms with Crippen molar-refractivity contribution in [2.45, 2.75) is 25.8 Å². The molecule has 6 heteroatoms. The van der Waals surface area contributed by atoms with Crippen LogP contribution in [0.1, 0.15) is 18.1 Å². The first-order valence-corrected chi connectivity index (χ1v) is 4.92. The topological polar surface area (TPSA) is 38.9 Å². The van der Waals surface area contributed by atoms with Crippen LogP contribution >= 0.6 is 23.2 Å². The van der Waals surface area contributed by atoms with Crippen LogP contribution in [0, 0.1) is 6.92 Å². The molecule has 2 N–H and O–H groups in total. The van der Waals surface area contributed by atoms with Gasteiger partial charge in [0.15, 0.2) is 0 Å². The summed E-state index contributed by atoms with van der Waals surface area (Å²) in [5.74, 6) is 0. The lowest BCUT2D eigenvalue weighted by Crippen LogP contribution is -2.41. The smallest absolute Gasteiger partial charge is 0.260 e. The molecule has 0 saturated heterocycles. The summed E-state index contributed by atoms with van der Waals surface area (Å²) in [5.41, 5.74) is 4.33. The molecule has 0 saturated carbocycles. The molecule has 1 rings (SSSR count). The maximum Gasteiger partial charge on any atom is 0.260 e. The summed E-state index contributed by atoms with van der Waals surface area (Å²) in [5, 5.41) is 0.0802. The predicted molar refractivity (Wildman–Crippen MR) is 56.5 cm³/mol. The van der Waals surface area contributed by atoms with Crippen molar-refractivity contribution >= 4 is 23.2 Å². The maximum atomic E-state index is 12.7. The van der Waals surface area contributed by atoms with Crippen LogP contribution < -0.4 is 5.73 Å². The Bertz CT molecular complexity index is 357. The number of nitrogens with zero attached hydrogens (tertiary/aromatic N) is 1. The van der Waals surface area contributed by atoms with E-state index in [9.17, 15) is 8.78 Å². The minimum absolute atomic E-state index is 0.0784. The van der Waals surface area contributed by atoms with Crippen molar-refractivity contribution in [3.05, 3.63) is 27.5 Å². The molecule has 0 bridgehead atoms. The number of halogens is 4. The van der Waals surface area contributed by atoms with Gasteiger partial charge < -0.3 is 5.73 Å². The molecular formula is C9H10Cl2F2N2. The fraction of sp³-hybridized carbons (Fsp3) is 0.444. The zero-order chi connectivity index (χ0) is 11.8. The minimum Gasteiger partial charge on any atom is -0.317 e. The van der Waals surface area contributed by atoms with Gasteiger partial charge in [-0.05, 0) is 25.5 Å². The van der Waals surface area contributed by atoms with E-state index in [0.717, 1.165) is 0 Å². The van der Waals surface area contributed by atoms with Gasteiger partial charge in [-0.3, -0.25) is 0 Å². The summed E-state index contributed by atoms with van der Waals surface area (Å²) < 4.78 is 25.4. The predicted octanol–water partition coefficient (Wildman–Crippen LogP) is 3.14. The first-order valence-electron chi connectivity index (χ1n) is 4.17. The second kappa shape index (κ2) is 4.20. The van der Waals surface area contributed by atoms with E-state index in [4.69, 9.17) is 28.9 Å². The van der Waals surface area contributed by atoms with E-state index in [-0.39, 0.29) is 15.9 Å². The fourth-order valence-electron chi connectivity index (χ4n) is 1.35. The third kappa shape index (κ3) is 2.38. The Kier molecular flexibility index (Phi) is 3.53.